The Morgan fingerprint density at radius 3 is 3.09 bits per heavy atom. The van der Waals surface area contributed by atoms with Crippen LogP contribution in [-0.4, -0.2) is 18.0 Å². The van der Waals surface area contributed by atoms with E-state index >= 15 is 0 Å². The summed E-state index contributed by atoms with van der Waals surface area (Å²) in [5.74, 6) is 0.591. The second kappa shape index (κ2) is 4.46. The largest absolute Gasteiger partial charge is 0.320 e. The third kappa shape index (κ3) is 2.60. The molecular weight excluding hydrogens is 156 g/mol. The Hall–Kier alpha value is -0.410. The Kier molecular flexibility index (Phi) is 3.52. The summed E-state index contributed by atoms with van der Waals surface area (Å²) in [4.78, 5) is 0. The molecule has 1 rings (SSSR count). The van der Waals surface area contributed by atoms with E-state index < -0.39 is 0 Å². The highest BCUT2D eigenvalue weighted by Gasteiger charge is 2.05. The van der Waals surface area contributed by atoms with E-state index in [1.807, 2.05) is 12.4 Å². The van der Waals surface area contributed by atoms with E-state index in [0.29, 0.717) is 5.92 Å². The first-order chi connectivity index (χ1) is 5.34. The Morgan fingerprint density at radius 2 is 2.55 bits per heavy atom. The minimum absolute atomic E-state index is 0.591. The molecule has 1 aromatic rings. The highest BCUT2D eigenvalue weighted by atomic mass is 32.1. The lowest BCUT2D eigenvalue weighted by Crippen LogP contribution is -2.10. The topological polar surface area (TPSA) is 24.9 Å². The van der Waals surface area contributed by atoms with E-state index in [2.05, 4.69) is 22.7 Å². The van der Waals surface area contributed by atoms with Crippen LogP contribution in [0, 0.1) is 0 Å². The van der Waals surface area contributed by atoms with Crippen molar-refractivity contribution in [3.63, 3.8) is 0 Å². The smallest absolute Gasteiger partial charge is 0.0570 e. The van der Waals surface area contributed by atoms with Crippen LogP contribution in [0.25, 0.3) is 0 Å². The summed E-state index contributed by atoms with van der Waals surface area (Å²) >= 11 is 1.53. The Labute approximate surface area is 71.8 Å². The maximum atomic E-state index is 4.28. The van der Waals surface area contributed by atoms with Crippen molar-refractivity contribution in [1.82, 2.24) is 9.69 Å². The zero-order valence-electron chi connectivity index (χ0n) is 7.00. The Morgan fingerprint density at radius 1 is 1.73 bits per heavy atom. The average molecular weight is 170 g/mol. The predicted octanol–water partition coefficient (Wildman–Crippen LogP) is 1.86. The normalized spacial score (nSPS) is 13.3. The van der Waals surface area contributed by atoms with Gasteiger partial charge in [-0.3, -0.25) is 0 Å². The van der Waals surface area contributed by atoms with Crippen LogP contribution in [0.1, 0.15) is 25.0 Å². The molecule has 2 nitrogen and oxygen atoms in total. The minimum atomic E-state index is 0.591. The summed E-state index contributed by atoms with van der Waals surface area (Å²) in [6, 6.07) is 2.10. The number of rotatable bonds is 4. The number of hydrogen-bond donors (Lipinski definition) is 1. The van der Waals surface area contributed by atoms with E-state index in [-0.39, 0.29) is 0 Å². The molecule has 0 radical (unpaired) electrons. The monoisotopic (exact) mass is 170 g/mol. The fraction of sp³-hybridized carbons (Fsp3) is 0.625. The first-order valence-corrected chi connectivity index (χ1v) is 4.73. The molecule has 0 fully saturated rings. The number of nitrogens with one attached hydrogen (secondary N) is 1. The number of nitrogens with zero attached hydrogens (tertiary/aromatic N) is 1. The third-order valence-electron chi connectivity index (χ3n) is 1.79. The van der Waals surface area contributed by atoms with Crippen LogP contribution < -0.4 is 5.32 Å². The molecule has 0 saturated carbocycles. The van der Waals surface area contributed by atoms with E-state index in [9.17, 15) is 0 Å². The van der Waals surface area contributed by atoms with Crippen molar-refractivity contribution in [2.75, 3.05) is 13.6 Å². The summed E-state index contributed by atoms with van der Waals surface area (Å²) < 4.78 is 4.28. The fourth-order valence-corrected chi connectivity index (χ4v) is 1.61. The zero-order chi connectivity index (χ0) is 8.10. The van der Waals surface area contributed by atoms with Crippen LogP contribution in [0.4, 0.5) is 0 Å². The second-order valence-corrected chi connectivity index (χ2v) is 3.38. The SMILES string of the molecule is CNCCC(C)c1ccsn1. The molecule has 0 saturated heterocycles. The van der Waals surface area contributed by atoms with E-state index in [0.717, 1.165) is 6.54 Å². The van der Waals surface area contributed by atoms with Crippen molar-refractivity contribution in [2.24, 2.45) is 0 Å². The molecule has 1 N–H and O–H groups in total. The van der Waals surface area contributed by atoms with Crippen molar-refractivity contribution in [2.45, 2.75) is 19.3 Å². The van der Waals surface area contributed by atoms with Gasteiger partial charge < -0.3 is 5.32 Å². The van der Waals surface area contributed by atoms with Gasteiger partial charge in [-0.2, -0.15) is 4.37 Å². The van der Waals surface area contributed by atoms with Gasteiger partial charge in [0.25, 0.3) is 0 Å². The van der Waals surface area contributed by atoms with Crippen LogP contribution >= 0.6 is 11.5 Å². The minimum Gasteiger partial charge on any atom is -0.320 e. The maximum Gasteiger partial charge on any atom is 0.0570 e. The van der Waals surface area contributed by atoms with Crippen molar-refractivity contribution < 1.29 is 0 Å². The van der Waals surface area contributed by atoms with E-state index in [4.69, 9.17) is 0 Å². The van der Waals surface area contributed by atoms with Gasteiger partial charge in [0.15, 0.2) is 0 Å². The molecule has 1 atom stereocenters. The number of aromatic nitrogens is 1. The fourth-order valence-electron chi connectivity index (χ4n) is 0.985. The molecule has 0 amide bonds. The van der Waals surface area contributed by atoms with Crippen molar-refractivity contribution in [3.05, 3.63) is 17.1 Å². The molecule has 3 heteroatoms. The summed E-state index contributed by atoms with van der Waals surface area (Å²) in [5.41, 5.74) is 1.23. The quantitative estimate of drug-likeness (QED) is 0.746. The first kappa shape index (κ1) is 8.68. The summed E-state index contributed by atoms with van der Waals surface area (Å²) in [6.45, 7) is 3.28. The molecular formula is C8H14N2S. The second-order valence-electron chi connectivity index (χ2n) is 2.72. The van der Waals surface area contributed by atoms with Gasteiger partial charge in [-0.25, -0.2) is 0 Å². The van der Waals surface area contributed by atoms with Crippen molar-refractivity contribution in [3.8, 4) is 0 Å². The van der Waals surface area contributed by atoms with Crippen molar-refractivity contribution >= 4 is 11.5 Å². The van der Waals surface area contributed by atoms with Crippen molar-refractivity contribution in [1.29, 1.82) is 0 Å². The van der Waals surface area contributed by atoms with Gasteiger partial charge in [0.05, 0.1) is 5.69 Å². The highest BCUT2D eigenvalue weighted by Crippen LogP contribution is 2.16. The lowest BCUT2D eigenvalue weighted by molar-refractivity contribution is 0.628. The lowest BCUT2D eigenvalue weighted by Gasteiger charge is -2.06. The lowest BCUT2D eigenvalue weighted by atomic mass is 10.0. The van der Waals surface area contributed by atoms with Gasteiger partial charge in [-0.05, 0) is 37.6 Å². The molecule has 1 heterocycles. The predicted molar refractivity (Wildman–Crippen MR) is 49.1 cm³/mol. The van der Waals surface area contributed by atoms with E-state index in [1.165, 1.54) is 23.6 Å². The summed E-state index contributed by atoms with van der Waals surface area (Å²) in [5, 5.41) is 5.17. The van der Waals surface area contributed by atoms with Gasteiger partial charge in [0.2, 0.25) is 0 Å². The first-order valence-electron chi connectivity index (χ1n) is 3.89. The van der Waals surface area contributed by atoms with Crippen LogP contribution in [0.5, 0.6) is 0 Å². The molecule has 0 aromatic carbocycles. The third-order valence-corrected chi connectivity index (χ3v) is 2.36. The molecule has 1 aromatic heterocycles. The van der Waals surface area contributed by atoms with Gasteiger partial charge in [-0.1, -0.05) is 6.92 Å². The molecule has 11 heavy (non-hydrogen) atoms. The Bertz CT molecular complexity index is 184. The summed E-state index contributed by atoms with van der Waals surface area (Å²) in [7, 11) is 1.98. The standard InChI is InChI=1S/C8H14N2S/c1-7(3-5-9-2)8-4-6-11-10-8/h4,6-7,9H,3,5H2,1-2H3. The molecule has 0 bridgehead atoms. The number of hydrogen-bond acceptors (Lipinski definition) is 3. The van der Waals surface area contributed by atoms with Gasteiger partial charge >= 0.3 is 0 Å². The molecule has 1 unspecified atom stereocenters. The molecule has 62 valence electrons. The zero-order valence-corrected chi connectivity index (χ0v) is 7.82. The van der Waals surface area contributed by atoms with Crippen LogP contribution in [-0.2, 0) is 0 Å². The average Bonchev–Trinajstić information content (AvgIpc) is 2.52. The van der Waals surface area contributed by atoms with Gasteiger partial charge in [0.1, 0.15) is 0 Å². The molecule has 0 spiro atoms. The maximum absolute atomic E-state index is 4.28. The molecule has 0 aliphatic carbocycles. The highest BCUT2D eigenvalue weighted by molar-refractivity contribution is 7.03. The van der Waals surface area contributed by atoms with Gasteiger partial charge in [-0.15, -0.1) is 0 Å². The summed E-state index contributed by atoms with van der Waals surface area (Å²) in [6.07, 6.45) is 1.17. The molecule has 0 aliphatic heterocycles. The van der Waals surface area contributed by atoms with Crippen LogP contribution in [0.2, 0.25) is 0 Å². The van der Waals surface area contributed by atoms with Crippen LogP contribution in [0.3, 0.4) is 0 Å². The van der Waals surface area contributed by atoms with Gasteiger partial charge in [0, 0.05) is 11.3 Å². The Balaban J connectivity index is 2.36. The van der Waals surface area contributed by atoms with Crippen LogP contribution in [0.15, 0.2) is 11.4 Å². The van der Waals surface area contributed by atoms with E-state index in [1.54, 1.807) is 0 Å². The molecule has 0 aliphatic rings.